The quantitative estimate of drug-likeness (QED) is 0.127. The highest BCUT2D eigenvalue weighted by Gasteiger charge is 2.15. The van der Waals surface area contributed by atoms with Crippen molar-refractivity contribution in [2.45, 2.75) is 46.5 Å². The minimum Gasteiger partial charge on any atom is -0.466 e. The number of hydrogen-bond donors (Lipinski definition) is 0. The molecule has 6 heteroatoms. The monoisotopic (exact) mass is 459 g/mol. The lowest BCUT2D eigenvalue weighted by molar-refractivity contribution is -0.143. The van der Waals surface area contributed by atoms with Crippen LogP contribution < -0.4 is 10.3 Å². The van der Waals surface area contributed by atoms with Gasteiger partial charge in [0.1, 0.15) is 11.2 Å². The molecule has 1 aliphatic carbocycles. The van der Waals surface area contributed by atoms with Gasteiger partial charge in [0.05, 0.1) is 12.0 Å². The van der Waals surface area contributed by atoms with Gasteiger partial charge in [0.25, 0.3) is 0 Å². The highest BCUT2D eigenvalue weighted by molar-refractivity contribution is 5.96. The van der Waals surface area contributed by atoms with E-state index in [9.17, 15) is 4.79 Å². The standard InChI is InChI=1S/C28H33N3O3/c1-4-31(5-2)20-15-16-23-25(18-20)34-26-19-24(21-12-9-10-13-22(21)28(26)30-23)29-17-11-7-8-14-27(32)33-6-3/h9-10,12-13,15-16,18-19H,4-8,11,14,17H2,1-3H3/b29-24-. The second-order valence-electron chi connectivity index (χ2n) is 8.32. The van der Waals surface area contributed by atoms with Crippen molar-refractivity contribution in [2.24, 2.45) is 4.99 Å². The third-order valence-corrected chi connectivity index (χ3v) is 6.11. The van der Waals surface area contributed by atoms with Crippen molar-refractivity contribution in [3.05, 3.63) is 53.9 Å². The number of benzene rings is 3. The van der Waals surface area contributed by atoms with Crippen LogP contribution in [0.4, 0.5) is 5.69 Å². The average Bonchev–Trinajstić information content (AvgIpc) is 2.86. The number of carbonyl (C=O) groups is 1. The van der Waals surface area contributed by atoms with Gasteiger partial charge in [-0.05, 0) is 45.7 Å². The Labute approximate surface area is 200 Å². The van der Waals surface area contributed by atoms with Gasteiger partial charge in [-0.1, -0.05) is 30.7 Å². The maximum atomic E-state index is 11.5. The predicted molar refractivity (Wildman–Crippen MR) is 137 cm³/mol. The maximum Gasteiger partial charge on any atom is 0.305 e. The van der Waals surface area contributed by atoms with E-state index in [2.05, 4.69) is 43.0 Å². The van der Waals surface area contributed by atoms with Gasteiger partial charge >= 0.3 is 5.97 Å². The van der Waals surface area contributed by atoms with E-state index < -0.39 is 0 Å². The van der Waals surface area contributed by atoms with E-state index in [1.807, 2.05) is 31.2 Å². The second kappa shape index (κ2) is 11.1. The number of fused-ring (bicyclic) bond motifs is 4. The number of carbonyl (C=O) groups excluding carboxylic acids is 1. The second-order valence-corrected chi connectivity index (χ2v) is 8.32. The number of nitrogens with zero attached hydrogens (tertiary/aromatic N) is 3. The molecule has 2 aliphatic rings. The highest BCUT2D eigenvalue weighted by Crippen LogP contribution is 2.31. The fourth-order valence-electron chi connectivity index (χ4n) is 4.33. The third kappa shape index (κ3) is 5.22. The van der Waals surface area contributed by atoms with Gasteiger partial charge in [-0.2, -0.15) is 0 Å². The fourth-order valence-corrected chi connectivity index (χ4v) is 4.33. The SMILES string of the molecule is CCOC(=O)CCCCC/N=c1/cc2oc3cc(N(CC)CC)ccc3nc-2c2ccccc12. The summed E-state index contributed by atoms with van der Waals surface area (Å²) in [6, 6.07) is 16.4. The molecule has 34 heavy (non-hydrogen) atoms. The van der Waals surface area contributed by atoms with Crippen LogP contribution in [-0.4, -0.2) is 37.2 Å². The smallest absolute Gasteiger partial charge is 0.305 e. The summed E-state index contributed by atoms with van der Waals surface area (Å²) < 4.78 is 11.4. The van der Waals surface area contributed by atoms with E-state index in [4.69, 9.17) is 19.1 Å². The van der Waals surface area contributed by atoms with Crippen LogP contribution in [0.5, 0.6) is 0 Å². The molecule has 0 saturated carbocycles. The zero-order valence-electron chi connectivity index (χ0n) is 20.3. The molecule has 4 rings (SSSR count). The van der Waals surface area contributed by atoms with E-state index in [-0.39, 0.29) is 5.97 Å². The van der Waals surface area contributed by atoms with Crippen LogP contribution in [0.25, 0.3) is 33.3 Å². The Morgan fingerprint density at radius 2 is 1.79 bits per heavy atom. The molecule has 2 aromatic carbocycles. The van der Waals surface area contributed by atoms with E-state index in [0.717, 1.165) is 76.7 Å². The Kier molecular flexibility index (Phi) is 7.78. The topological polar surface area (TPSA) is 67.9 Å². The van der Waals surface area contributed by atoms with E-state index >= 15 is 0 Å². The van der Waals surface area contributed by atoms with Gasteiger partial charge in [-0.3, -0.25) is 9.79 Å². The molecule has 0 saturated heterocycles. The van der Waals surface area contributed by atoms with Gasteiger partial charge in [-0.25, -0.2) is 4.98 Å². The number of anilines is 1. The number of rotatable bonds is 10. The molecule has 0 N–H and O–H groups in total. The van der Waals surface area contributed by atoms with E-state index in [0.29, 0.717) is 19.6 Å². The molecule has 6 nitrogen and oxygen atoms in total. The molecule has 0 bridgehead atoms. The predicted octanol–water partition coefficient (Wildman–Crippen LogP) is 5.96. The molecule has 0 unspecified atom stereocenters. The summed E-state index contributed by atoms with van der Waals surface area (Å²) in [5, 5.41) is 3.03. The highest BCUT2D eigenvalue weighted by atomic mass is 16.5. The molecule has 0 atom stereocenters. The van der Waals surface area contributed by atoms with Crippen LogP contribution in [0.2, 0.25) is 0 Å². The Morgan fingerprint density at radius 1 is 1.00 bits per heavy atom. The van der Waals surface area contributed by atoms with Crippen LogP contribution in [0, 0.1) is 0 Å². The average molecular weight is 460 g/mol. The first-order chi connectivity index (χ1) is 16.6. The first-order valence-corrected chi connectivity index (χ1v) is 12.3. The van der Waals surface area contributed by atoms with Gasteiger partial charge in [0, 0.05) is 54.6 Å². The van der Waals surface area contributed by atoms with Crippen LogP contribution in [0.1, 0.15) is 46.5 Å². The molecule has 1 heterocycles. The summed E-state index contributed by atoms with van der Waals surface area (Å²) >= 11 is 0. The summed E-state index contributed by atoms with van der Waals surface area (Å²) in [5.74, 6) is 0.620. The van der Waals surface area contributed by atoms with Crippen molar-refractivity contribution in [2.75, 3.05) is 31.1 Å². The van der Waals surface area contributed by atoms with Crippen LogP contribution >= 0.6 is 0 Å². The maximum absolute atomic E-state index is 11.5. The molecule has 0 spiro atoms. The first kappa shape index (κ1) is 23.7. The Bertz CT molecular complexity index is 1310. The number of ether oxygens (including phenoxy) is 1. The Hall–Kier alpha value is -3.41. The van der Waals surface area contributed by atoms with Crippen molar-refractivity contribution >= 4 is 33.5 Å². The van der Waals surface area contributed by atoms with Gasteiger partial charge in [0.15, 0.2) is 11.3 Å². The van der Waals surface area contributed by atoms with E-state index in [1.165, 1.54) is 0 Å². The molecule has 0 amide bonds. The molecule has 0 radical (unpaired) electrons. The lowest BCUT2D eigenvalue weighted by Gasteiger charge is -2.21. The zero-order chi connectivity index (χ0) is 23.9. The lowest BCUT2D eigenvalue weighted by Crippen LogP contribution is -2.21. The van der Waals surface area contributed by atoms with Crippen molar-refractivity contribution in [3.63, 3.8) is 0 Å². The molecular weight excluding hydrogens is 426 g/mol. The zero-order valence-corrected chi connectivity index (χ0v) is 20.3. The molecule has 2 aromatic rings. The number of hydrogen-bond acceptors (Lipinski definition) is 6. The van der Waals surface area contributed by atoms with Crippen molar-refractivity contribution in [1.29, 1.82) is 0 Å². The molecular formula is C28H33N3O3. The largest absolute Gasteiger partial charge is 0.466 e. The number of aromatic nitrogens is 1. The Balaban J connectivity index is 1.65. The summed E-state index contributed by atoms with van der Waals surface area (Å²) in [6.45, 7) is 9.16. The number of unbranched alkanes of at least 4 members (excludes halogenated alkanes) is 2. The molecule has 0 aromatic heterocycles. The van der Waals surface area contributed by atoms with Crippen molar-refractivity contribution < 1.29 is 13.9 Å². The third-order valence-electron chi connectivity index (χ3n) is 6.11. The van der Waals surface area contributed by atoms with Crippen LogP contribution in [0.3, 0.4) is 0 Å². The summed E-state index contributed by atoms with van der Waals surface area (Å²) in [7, 11) is 0. The van der Waals surface area contributed by atoms with Gasteiger partial charge in [-0.15, -0.1) is 0 Å². The van der Waals surface area contributed by atoms with E-state index in [1.54, 1.807) is 0 Å². The Morgan fingerprint density at radius 3 is 2.56 bits per heavy atom. The van der Waals surface area contributed by atoms with Crippen LogP contribution in [-0.2, 0) is 9.53 Å². The molecule has 1 aliphatic heterocycles. The molecule has 178 valence electrons. The first-order valence-electron chi connectivity index (χ1n) is 12.3. The summed E-state index contributed by atoms with van der Waals surface area (Å²) in [4.78, 5) is 23.6. The lowest BCUT2D eigenvalue weighted by atomic mass is 10.0. The van der Waals surface area contributed by atoms with Gasteiger partial charge < -0.3 is 14.1 Å². The minimum absolute atomic E-state index is 0.120. The number of esters is 1. The van der Waals surface area contributed by atoms with Crippen molar-refractivity contribution in [3.8, 4) is 11.5 Å². The van der Waals surface area contributed by atoms with Gasteiger partial charge in [0.2, 0.25) is 0 Å². The minimum atomic E-state index is -0.120. The summed E-state index contributed by atoms with van der Waals surface area (Å²) in [6.07, 6.45) is 3.16. The van der Waals surface area contributed by atoms with Crippen LogP contribution in [0.15, 0.2) is 57.9 Å². The fraction of sp³-hybridized carbons (Fsp3) is 0.393. The summed E-state index contributed by atoms with van der Waals surface area (Å²) in [5.41, 5.74) is 3.61. The molecule has 0 fully saturated rings. The normalized spacial score (nSPS) is 12.0. The van der Waals surface area contributed by atoms with Crippen molar-refractivity contribution in [1.82, 2.24) is 4.98 Å².